The monoisotopic (exact) mass is 471 g/mol. The predicted molar refractivity (Wildman–Crippen MR) is 143 cm³/mol. The van der Waals surface area contributed by atoms with Crippen molar-refractivity contribution in [2.75, 3.05) is 48.3 Å². The molecule has 0 aliphatic carbocycles. The Kier molecular flexibility index (Phi) is 6.55. The molecule has 0 N–H and O–H groups in total. The molecule has 1 fully saturated rings. The number of carbonyl (C=O) groups is 1. The van der Waals surface area contributed by atoms with Gasteiger partial charge >= 0.3 is 0 Å². The number of anilines is 2. The topological polar surface area (TPSA) is 26.8 Å². The summed E-state index contributed by atoms with van der Waals surface area (Å²) in [6.45, 7) is 11.6. The molecule has 0 atom stereocenters. The van der Waals surface area contributed by atoms with E-state index in [0.29, 0.717) is 0 Å². The second-order valence-corrected chi connectivity index (χ2v) is 10.6. The number of rotatable bonds is 4. The maximum atomic E-state index is 13.4. The van der Waals surface area contributed by atoms with Crippen LogP contribution in [0.1, 0.15) is 32.6 Å². The number of amides is 1. The molecule has 1 amide bonds. The fourth-order valence-corrected chi connectivity index (χ4v) is 5.93. The van der Waals surface area contributed by atoms with Gasteiger partial charge in [0.05, 0.1) is 5.69 Å². The fourth-order valence-electron chi connectivity index (χ4n) is 4.90. The maximum absolute atomic E-state index is 13.4. The Balaban J connectivity index is 1.29. The lowest BCUT2D eigenvalue weighted by Gasteiger charge is -2.37. The van der Waals surface area contributed by atoms with Crippen LogP contribution < -0.4 is 9.80 Å². The largest absolute Gasteiger partial charge is 0.368 e. The summed E-state index contributed by atoms with van der Waals surface area (Å²) in [7, 11) is 0. The van der Waals surface area contributed by atoms with Gasteiger partial charge in [-0.15, -0.1) is 11.8 Å². The van der Waals surface area contributed by atoms with Gasteiger partial charge < -0.3 is 14.7 Å². The highest BCUT2D eigenvalue weighted by atomic mass is 32.2. The molecule has 0 bridgehead atoms. The predicted octanol–water partition coefficient (Wildman–Crippen LogP) is 5.69. The Labute approximate surface area is 207 Å². The van der Waals surface area contributed by atoms with Crippen LogP contribution in [0.15, 0.2) is 65.6 Å². The van der Waals surface area contributed by atoms with E-state index in [1.54, 1.807) is 0 Å². The maximum Gasteiger partial charge on any atom is 0.254 e. The van der Waals surface area contributed by atoms with Crippen LogP contribution in [0.3, 0.4) is 0 Å². The summed E-state index contributed by atoms with van der Waals surface area (Å²) in [6.07, 6.45) is 0. The highest BCUT2D eigenvalue weighted by Gasteiger charge is 2.25. The van der Waals surface area contributed by atoms with Crippen LogP contribution in [-0.4, -0.2) is 49.3 Å². The standard InChI is InChI=1S/C29H33N3OS/c1-21-7-9-24(10-8-21)20-32-17-18-34-28-12-11-25(19-27(28)32)29(33)31-15-13-30(14-16-31)26-6-4-5-22(2)23(26)3/h4-12,19H,13-18,20H2,1-3H3. The van der Waals surface area contributed by atoms with Gasteiger partial charge in [0.1, 0.15) is 0 Å². The zero-order valence-electron chi connectivity index (χ0n) is 20.4. The van der Waals surface area contributed by atoms with Crippen molar-refractivity contribution in [2.24, 2.45) is 0 Å². The Morgan fingerprint density at radius 2 is 1.62 bits per heavy atom. The lowest BCUT2D eigenvalue weighted by Crippen LogP contribution is -2.49. The number of aryl methyl sites for hydroxylation is 2. The van der Waals surface area contributed by atoms with Crippen LogP contribution in [0.5, 0.6) is 0 Å². The summed E-state index contributed by atoms with van der Waals surface area (Å²) in [5, 5.41) is 0. The van der Waals surface area contributed by atoms with Crippen LogP contribution in [0.4, 0.5) is 11.4 Å². The van der Waals surface area contributed by atoms with E-state index in [-0.39, 0.29) is 5.91 Å². The molecular weight excluding hydrogens is 438 g/mol. The fraction of sp³-hybridized carbons (Fsp3) is 0.345. The highest BCUT2D eigenvalue weighted by molar-refractivity contribution is 7.99. The van der Waals surface area contributed by atoms with Gasteiger partial charge in [-0.1, -0.05) is 42.0 Å². The average molecular weight is 472 g/mol. The van der Waals surface area contributed by atoms with Crippen molar-refractivity contribution in [3.63, 3.8) is 0 Å². The SMILES string of the molecule is Cc1ccc(CN2CCSc3ccc(C(=O)N4CCN(c5cccc(C)c5C)CC4)cc32)cc1. The molecule has 2 aliphatic rings. The molecule has 1 saturated heterocycles. The molecular formula is C29H33N3OS. The number of carbonyl (C=O) groups excluding carboxylic acids is 1. The van der Waals surface area contributed by atoms with E-state index in [1.807, 2.05) is 22.7 Å². The molecule has 5 heteroatoms. The van der Waals surface area contributed by atoms with E-state index in [4.69, 9.17) is 0 Å². The molecule has 2 heterocycles. The molecule has 4 nitrogen and oxygen atoms in total. The summed E-state index contributed by atoms with van der Waals surface area (Å²) in [6, 6.07) is 21.5. The number of hydrogen-bond donors (Lipinski definition) is 0. The summed E-state index contributed by atoms with van der Waals surface area (Å²) >= 11 is 1.89. The van der Waals surface area contributed by atoms with Gasteiger partial charge in [0.15, 0.2) is 0 Å². The minimum absolute atomic E-state index is 0.147. The van der Waals surface area contributed by atoms with Gasteiger partial charge in [0.2, 0.25) is 0 Å². The van der Waals surface area contributed by atoms with E-state index >= 15 is 0 Å². The molecule has 0 radical (unpaired) electrons. The zero-order valence-corrected chi connectivity index (χ0v) is 21.2. The van der Waals surface area contributed by atoms with E-state index in [2.05, 4.69) is 85.2 Å². The van der Waals surface area contributed by atoms with Crippen LogP contribution >= 0.6 is 11.8 Å². The van der Waals surface area contributed by atoms with Gasteiger partial charge in [-0.05, 0) is 61.7 Å². The summed E-state index contributed by atoms with van der Waals surface area (Å²) < 4.78 is 0. The Bertz CT molecular complexity index is 1180. The molecule has 176 valence electrons. The third-order valence-corrected chi connectivity index (χ3v) is 8.19. The molecule has 0 saturated carbocycles. The van der Waals surface area contributed by atoms with Crippen LogP contribution in [-0.2, 0) is 6.54 Å². The highest BCUT2D eigenvalue weighted by Crippen LogP contribution is 2.36. The van der Waals surface area contributed by atoms with Crippen molar-refractivity contribution in [1.82, 2.24) is 4.90 Å². The van der Waals surface area contributed by atoms with Crippen LogP contribution in [0.25, 0.3) is 0 Å². The van der Waals surface area contributed by atoms with E-state index in [0.717, 1.165) is 50.6 Å². The van der Waals surface area contributed by atoms with Crippen LogP contribution in [0.2, 0.25) is 0 Å². The molecule has 5 rings (SSSR count). The van der Waals surface area contributed by atoms with Crippen LogP contribution in [0, 0.1) is 20.8 Å². The zero-order chi connectivity index (χ0) is 23.7. The third kappa shape index (κ3) is 4.67. The van der Waals surface area contributed by atoms with Gasteiger partial charge in [-0.3, -0.25) is 4.79 Å². The Morgan fingerprint density at radius 3 is 2.38 bits per heavy atom. The first kappa shape index (κ1) is 22.9. The number of nitrogens with zero attached hydrogens (tertiary/aromatic N) is 3. The van der Waals surface area contributed by atoms with Crippen molar-refractivity contribution in [3.8, 4) is 0 Å². The normalized spacial score (nSPS) is 15.9. The van der Waals surface area contributed by atoms with Crippen molar-refractivity contribution in [1.29, 1.82) is 0 Å². The number of fused-ring (bicyclic) bond motifs is 1. The first-order valence-electron chi connectivity index (χ1n) is 12.2. The molecule has 0 unspecified atom stereocenters. The van der Waals surface area contributed by atoms with Crippen molar-refractivity contribution >= 4 is 29.0 Å². The van der Waals surface area contributed by atoms with Crippen molar-refractivity contribution < 1.29 is 4.79 Å². The lowest BCUT2D eigenvalue weighted by atomic mass is 10.1. The van der Waals surface area contributed by atoms with Gasteiger partial charge in [-0.2, -0.15) is 0 Å². The Morgan fingerprint density at radius 1 is 0.853 bits per heavy atom. The molecule has 3 aromatic rings. The van der Waals surface area contributed by atoms with E-state index in [1.165, 1.54) is 38.5 Å². The molecule has 3 aromatic carbocycles. The lowest BCUT2D eigenvalue weighted by molar-refractivity contribution is 0.0746. The van der Waals surface area contributed by atoms with E-state index in [9.17, 15) is 4.79 Å². The van der Waals surface area contributed by atoms with Crippen molar-refractivity contribution in [3.05, 3.63) is 88.5 Å². The summed E-state index contributed by atoms with van der Waals surface area (Å²) in [5.41, 5.74) is 8.53. The number of piperazine rings is 1. The number of benzene rings is 3. The Hall–Kier alpha value is -2.92. The minimum atomic E-state index is 0.147. The quantitative estimate of drug-likeness (QED) is 0.489. The average Bonchev–Trinajstić information content (AvgIpc) is 2.87. The second kappa shape index (κ2) is 9.75. The number of thioether (sulfide) groups is 1. The van der Waals surface area contributed by atoms with Gasteiger partial charge in [0, 0.05) is 61.2 Å². The first-order valence-corrected chi connectivity index (χ1v) is 13.2. The smallest absolute Gasteiger partial charge is 0.254 e. The summed E-state index contributed by atoms with van der Waals surface area (Å²) in [5.74, 6) is 1.22. The second-order valence-electron chi connectivity index (χ2n) is 9.44. The molecule has 0 aromatic heterocycles. The molecule has 0 spiro atoms. The van der Waals surface area contributed by atoms with Gasteiger partial charge in [-0.25, -0.2) is 0 Å². The summed E-state index contributed by atoms with van der Waals surface area (Å²) in [4.78, 5) is 21.6. The van der Waals surface area contributed by atoms with Gasteiger partial charge in [0.25, 0.3) is 5.91 Å². The van der Waals surface area contributed by atoms with Crippen molar-refractivity contribution in [2.45, 2.75) is 32.2 Å². The third-order valence-electron chi connectivity index (χ3n) is 7.14. The molecule has 2 aliphatic heterocycles. The number of hydrogen-bond acceptors (Lipinski definition) is 4. The minimum Gasteiger partial charge on any atom is -0.368 e. The molecule has 34 heavy (non-hydrogen) atoms. The van der Waals surface area contributed by atoms with E-state index < -0.39 is 0 Å². The first-order chi connectivity index (χ1) is 16.5.